The fourth-order valence-corrected chi connectivity index (χ4v) is 5.21. The Hall–Kier alpha value is -0.160. The Morgan fingerprint density at radius 2 is 1.68 bits per heavy atom. The van der Waals surface area contributed by atoms with Gasteiger partial charge in [0.1, 0.15) is 11.5 Å². The predicted molar refractivity (Wildman–Crippen MR) is 127 cm³/mol. The van der Waals surface area contributed by atoms with Crippen LogP contribution in [-0.2, 0) is 0 Å². The molecule has 0 spiro atoms. The molecule has 2 N–H and O–H groups in total. The number of hydrogen-bond donors (Lipinski definition) is 2. The number of halogens is 4. The maximum absolute atomic E-state index is 12.5. The van der Waals surface area contributed by atoms with E-state index in [1.54, 1.807) is 6.07 Å². The van der Waals surface area contributed by atoms with Crippen molar-refractivity contribution in [3.05, 3.63) is 50.3 Å². The number of nitrogens with zero attached hydrogens (tertiary/aromatic N) is 1. The van der Waals surface area contributed by atoms with Crippen molar-refractivity contribution >= 4 is 107 Å². The number of carbonyl (C=O) groups is 1. The second kappa shape index (κ2) is 7.84. The van der Waals surface area contributed by atoms with Crippen LogP contribution in [0.2, 0.25) is 0 Å². The lowest BCUT2D eigenvalue weighted by atomic mass is 10.2. The van der Waals surface area contributed by atoms with Gasteiger partial charge in [0.2, 0.25) is 0 Å². The predicted octanol–water partition coefficient (Wildman–Crippen LogP) is 5.28. The molecule has 0 aliphatic carbocycles. The van der Waals surface area contributed by atoms with Gasteiger partial charge in [0, 0.05) is 8.96 Å². The molecule has 0 saturated heterocycles. The average molecular weight is 785 g/mol. The summed E-state index contributed by atoms with van der Waals surface area (Å²) in [6.45, 7) is 0. The fourth-order valence-electron chi connectivity index (χ4n) is 2.11. The molecular weight excluding hydrogens is 778 g/mol. The molecule has 0 atom stereocenters. The minimum atomic E-state index is -0.754. The molecule has 1 aromatic heterocycles. The van der Waals surface area contributed by atoms with Crippen molar-refractivity contribution in [1.82, 2.24) is 4.98 Å². The van der Waals surface area contributed by atoms with Gasteiger partial charge in [-0.25, -0.2) is 9.78 Å². The Kier molecular flexibility index (Phi) is 6.14. The van der Waals surface area contributed by atoms with E-state index in [9.17, 15) is 15.0 Å². The summed E-state index contributed by atoms with van der Waals surface area (Å²) >= 11 is 8.11. The van der Waals surface area contributed by atoms with Gasteiger partial charge in [-0.1, -0.05) is 6.07 Å². The van der Waals surface area contributed by atoms with Crippen LogP contribution in [0.3, 0.4) is 0 Å². The van der Waals surface area contributed by atoms with Gasteiger partial charge in [-0.05, 0) is 115 Å². The van der Waals surface area contributed by atoms with Gasteiger partial charge in [-0.3, -0.25) is 0 Å². The number of aromatic nitrogens is 1. The molecule has 0 aliphatic rings. The van der Waals surface area contributed by atoms with Crippen molar-refractivity contribution in [1.29, 1.82) is 0 Å². The number of pyridine rings is 1. The first kappa shape index (κ1) is 19.6. The summed E-state index contributed by atoms with van der Waals surface area (Å²) in [6.07, 6.45) is 0. The van der Waals surface area contributed by atoms with Gasteiger partial charge in [-0.2, -0.15) is 0 Å². The molecule has 9 heteroatoms. The second-order valence-electron chi connectivity index (χ2n) is 4.86. The molecule has 2 aromatic carbocycles. The minimum absolute atomic E-state index is 0.112. The lowest BCUT2D eigenvalue weighted by molar-refractivity contribution is 0.0724. The maximum atomic E-state index is 12.5. The molecule has 0 aliphatic heterocycles. The van der Waals surface area contributed by atoms with Gasteiger partial charge in [0.25, 0.3) is 0 Å². The lowest BCUT2D eigenvalue weighted by Crippen LogP contribution is -2.13. The highest BCUT2D eigenvalue weighted by Gasteiger charge is 2.23. The van der Waals surface area contributed by atoms with E-state index in [4.69, 9.17) is 4.74 Å². The number of fused-ring (bicyclic) bond motifs is 1. The average Bonchev–Trinajstić information content (AvgIpc) is 2.58. The number of carbonyl (C=O) groups excluding carboxylic acids is 1. The first-order valence-corrected chi connectivity index (χ1v) is 11.0. The van der Waals surface area contributed by atoms with Crippen molar-refractivity contribution in [2.75, 3.05) is 0 Å². The molecule has 128 valence electrons. The first-order valence-electron chi connectivity index (χ1n) is 6.67. The van der Waals surface area contributed by atoms with Gasteiger partial charge in [-0.15, -0.1) is 0 Å². The Morgan fingerprint density at radius 3 is 2.40 bits per heavy atom. The normalized spacial score (nSPS) is 10.9. The highest BCUT2D eigenvalue weighted by atomic mass is 127. The number of hydrogen-bond acceptors (Lipinski definition) is 5. The molecule has 0 fully saturated rings. The quantitative estimate of drug-likeness (QED) is 0.210. The van der Waals surface area contributed by atoms with E-state index in [0.717, 1.165) is 8.96 Å². The SMILES string of the molecule is O=C(Oc1ccc(O)c(I)c1I)c1nc2cccc(I)c2c(I)c1O. The summed E-state index contributed by atoms with van der Waals surface area (Å²) in [5.41, 5.74) is 0.466. The monoisotopic (exact) mass is 785 g/mol. The Balaban J connectivity index is 2.06. The first-order chi connectivity index (χ1) is 11.8. The van der Waals surface area contributed by atoms with E-state index < -0.39 is 5.97 Å². The molecule has 25 heavy (non-hydrogen) atoms. The summed E-state index contributed by atoms with van der Waals surface area (Å²) < 4.78 is 8.07. The zero-order valence-electron chi connectivity index (χ0n) is 12.1. The molecule has 1 heterocycles. The lowest BCUT2D eigenvalue weighted by Gasteiger charge is -2.11. The summed E-state index contributed by atoms with van der Waals surface area (Å²) in [6, 6.07) is 8.48. The number of rotatable bonds is 2. The smallest absolute Gasteiger partial charge is 0.366 e. The summed E-state index contributed by atoms with van der Waals surface area (Å²) in [5, 5.41) is 20.9. The molecule has 0 amide bonds. The van der Waals surface area contributed by atoms with Crippen LogP contribution in [0.4, 0.5) is 0 Å². The maximum Gasteiger partial charge on any atom is 0.366 e. The minimum Gasteiger partial charge on any atom is -0.507 e. The zero-order valence-corrected chi connectivity index (χ0v) is 20.7. The summed E-state index contributed by atoms with van der Waals surface area (Å²) in [5.74, 6) is -0.548. The van der Waals surface area contributed by atoms with Crippen LogP contribution in [0, 0.1) is 14.3 Å². The van der Waals surface area contributed by atoms with Crippen LogP contribution in [0.5, 0.6) is 17.2 Å². The topological polar surface area (TPSA) is 79.7 Å². The summed E-state index contributed by atoms with van der Waals surface area (Å²) in [4.78, 5) is 16.8. The molecule has 0 bridgehead atoms. The molecule has 0 unspecified atom stereocenters. The second-order valence-corrected chi connectivity index (χ2v) is 9.26. The van der Waals surface area contributed by atoms with Crippen LogP contribution in [0.25, 0.3) is 10.9 Å². The molecule has 0 radical (unpaired) electrons. The number of aromatic hydroxyl groups is 2. The van der Waals surface area contributed by atoms with E-state index >= 15 is 0 Å². The zero-order chi connectivity index (χ0) is 18.3. The van der Waals surface area contributed by atoms with Crippen molar-refractivity contribution < 1.29 is 19.7 Å². The Morgan fingerprint density at radius 1 is 0.960 bits per heavy atom. The van der Waals surface area contributed by atoms with Crippen LogP contribution in [-0.4, -0.2) is 21.2 Å². The van der Waals surface area contributed by atoms with Crippen LogP contribution < -0.4 is 4.74 Å². The molecule has 0 saturated carbocycles. The third kappa shape index (κ3) is 3.78. The number of esters is 1. The Labute approximate surface area is 197 Å². The van der Waals surface area contributed by atoms with E-state index in [0.29, 0.717) is 22.0 Å². The largest absolute Gasteiger partial charge is 0.507 e. The van der Waals surface area contributed by atoms with Crippen molar-refractivity contribution in [3.8, 4) is 17.2 Å². The standard InChI is InChI=1S/C16H7I4NO4/c17-6-2-1-3-7-10(6)13(20)15(23)14(21-7)16(24)25-9-5-4-8(22)11(18)12(9)19/h1-5,22-23H. The van der Waals surface area contributed by atoms with Crippen LogP contribution in [0.15, 0.2) is 30.3 Å². The number of phenols is 1. The molecule has 5 nitrogen and oxygen atoms in total. The number of phenolic OH excluding ortho intramolecular Hbond substituents is 1. The van der Waals surface area contributed by atoms with Gasteiger partial charge in [0.15, 0.2) is 11.4 Å². The third-order valence-corrected chi connectivity index (χ3v) is 8.44. The van der Waals surface area contributed by atoms with Gasteiger partial charge in [0.05, 0.1) is 16.2 Å². The third-order valence-electron chi connectivity index (χ3n) is 3.30. The van der Waals surface area contributed by atoms with E-state index in [1.165, 1.54) is 12.1 Å². The number of ether oxygens (including phenoxy) is 1. The van der Waals surface area contributed by atoms with Gasteiger partial charge < -0.3 is 14.9 Å². The molecular formula is C16H7I4NO4. The van der Waals surface area contributed by atoms with Gasteiger partial charge >= 0.3 is 5.97 Å². The summed E-state index contributed by atoms with van der Waals surface area (Å²) in [7, 11) is 0. The number of benzene rings is 2. The Bertz CT molecular complexity index is 1020. The van der Waals surface area contributed by atoms with E-state index in [2.05, 4.69) is 27.6 Å². The highest BCUT2D eigenvalue weighted by molar-refractivity contribution is 14.1. The van der Waals surface area contributed by atoms with Crippen molar-refractivity contribution in [2.45, 2.75) is 0 Å². The van der Waals surface area contributed by atoms with E-state index in [-0.39, 0.29) is 17.2 Å². The van der Waals surface area contributed by atoms with Crippen molar-refractivity contribution in [2.24, 2.45) is 0 Å². The molecule has 3 aromatic rings. The van der Waals surface area contributed by atoms with Crippen molar-refractivity contribution in [3.63, 3.8) is 0 Å². The van der Waals surface area contributed by atoms with Crippen LogP contribution in [0.1, 0.15) is 10.5 Å². The molecule has 3 rings (SSSR count). The highest BCUT2D eigenvalue weighted by Crippen LogP contribution is 2.35. The van der Waals surface area contributed by atoms with Crippen LogP contribution >= 0.6 is 90.4 Å². The van der Waals surface area contributed by atoms with E-state index in [1.807, 2.05) is 79.9 Å². The fraction of sp³-hybridized carbons (Fsp3) is 0.